The van der Waals surface area contributed by atoms with Crippen molar-refractivity contribution in [3.63, 3.8) is 0 Å². The smallest absolute Gasteiger partial charge is 0.130 e. The lowest BCUT2D eigenvalue weighted by atomic mass is 10.1. The monoisotopic (exact) mass is 364 g/mol. The number of rotatable bonds is 8. The molecule has 0 bridgehead atoms. The van der Waals surface area contributed by atoms with Gasteiger partial charge in [-0.3, -0.25) is 0 Å². The van der Waals surface area contributed by atoms with Crippen LogP contribution in [-0.2, 0) is 11.2 Å². The van der Waals surface area contributed by atoms with Gasteiger partial charge in [-0.1, -0.05) is 35.3 Å². The van der Waals surface area contributed by atoms with Gasteiger partial charge < -0.3 is 14.3 Å². The van der Waals surface area contributed by atoms with E-state index < -0.39 is 0 Å². The first-order chi connectivity index (χ1) is 11.5. The minimum atomic E-state index is 0.182. The Balaban J connectivity index is 1.89. The van der Waals surface area contributed by atoms with E-state index in [-0.39, 0.29) is 10.3 Å². The molecule has 2 aromatic carbocycles. The molecule has 0 N–H and O–H groups in total. The molecule has 0 amide bonds. The molecule has 0 fully saturated rings. The highest BCUT2D eigenvalue weighted by atomic mass is 35.5. The molecule has 0 unspecified atom stereocenters. The molecule has 2 rings (SSSR count). The van der Waals surface area contributed by atoms with E-state index in [0.717, 1.165) is 17.7 Å². The molecule has 0 aliphatic heterocycles. The van der Waals surface area contributed by atoms with Crippen molar-refractivity contribution in [3.8, 4) is 17.2 Å². The van der Waals surface area contributed by atoms with Crippen molar-refractivity contribution >= 4 is 29.0 Å². The summed E-state index contributed by atoms with van der Waals surface area (Å²) in [5.74, 6) is 2.35. The fraction of sp³-hybridized carbons (Fsp3) is 0.211. The van der Waals surface area contributed by atoms with Crippen LogP contribution in [0.15, 0.2) is 59.1 Å². The van der Waals surface area contributed by atoms with Crippen molar-refractivity contribution in [3.05, 3.63) is 64.7 Å². The van der Waals surface area contributed by atoms with Gasteiger partial charge in [-0.25, -0.2) is 0 Å². The Hall–Kier alpha value is -1.97. The second kappa shape index (κ2) is 9.36. The lowest BCUT2D eigenvalue weighted by molar-refractivity contribution is -0.116. The molecule has 0 aromatic heterocycles. The number of hydrogen-bond acceptors (Lipinski definition) is 3. The van der Waals surface area contributed by atoms with Crippen molar-refractivity contribution in [2.45, 2.75) is 19.8 Å². The van der Waals surface area contributed by atoms with Gasteiger partial charge in [-0.05, 0) is 61.4 Å². The van der Waals surface area contributed by atoms with Crippen LogP contribution >= 0.6 is 23.2 Å². The van der Waals surface area contributed by atoms with Crippen LogP contribution in [0.4, 0.5) is 0 Å². The highest BCUT2D eigenvalue weighted by Gasteiger charge is 2.01. The third-order valence-electron chi connectivity index (χ3n) is 3.24. The van der Waals surface area contributed by atoms with Gasteiger partial charge in [0.2, 0.25) is 0 Å². The van der Waals surface area contributed by atoms with Gasteiger partial charge in [0.15, 0.2) is 0 Å². The van der Waals surface area contributed by atoms with Gasteiger partial charge in [0, 0.05) is 6.42 Å². The van der Waals surface area contributed by atoms with Crippen molar-refractivity contribution in [2.75, 3.05) is 6.61 Å². The van der Waals surface area contributed by atoms with E-state index in [1.807, 2.05) is 48.5 Å². The minimum absolute atomic E-state index is 0.182. The molecule has 0 aliphatic carbocycles. The van der Waals surface area contributed by atoms with Crippen molar-refractivity contribution in [1.82, 2.24) is 0 Å². The average molecular weight is 365 g/mol. The van der Waals surface area contributed by atoms with E-state index in [4.69, 9.17) is 32.7 Å². The van der Waals surface area contributed by atoms with E-state index in [2.05, 4.69) is 0 Å². The third-order valence-corrected chi connectivity index (χ3v) is 3.54. The first-order valence-electron chi connectivity index (χ1n) is 7.53. The number of ether oxygens (including phenoxy) is 2. The van der Waals surface area contributed by atoms with Crippen LogP contribution in [0.25, 0.3) is 0 Å². The second-order valence-corrected chi connectivity index (χ2v) is 6.23. The SMILES string of the molecule is CC(=O)CCc1ccc(Oc2ccc(OCC=C(Cl)Cl)cc2)cc1. The Kier molecular flexibility index (Phi) is 7.16. The van der Waals surface area contributed by atoms with E-state index in [0.29, 0.717) is 24.5 Å². The summed E-state index contributed by atoms with van der Waals surface area (Å²) in [6.07, 6.45) is 2.88. The summed E-state index contributed by atoms with van der Waals surface area (Å²) in [7, 11) is 0. The van der Waals surface area contributed by atoms with Crippen LogP contribution in [0.3, 0.4) is 0 Å². The quantitative estimate of drug-likeness (QED) is 0.602. The van der Waals surface area contributed by atoms with Crippen LogP contribution < -0.4 is 9.47 Å². The topological polar surface area (TPSA) is 35.5 Å². The number of carbonyl (C=O) groups excluding carboxylic acids is 1. The minimum Gasteiger partial charge on any atom is -0.489 e. The number of Topliss-reactive ketones (excluding diaryl/α,β-unsaturated/α-hetero) is 1. The zero-order valence-corrected chi connectivity index (χ0v) is 14.8. The maximum atomic E-state index is 11.0. The first-order valence-corrected chi connectivity index (χ1v) is 8.29. The number of benzene rings is 2. The number of hydrogen-bond donors (Lipinski definition) is 0. The summed E-state index contributed by atoms with van der Waals surface area (Å²) in [6, 6.07) is 15.0. The molecule has 0 heterocycles. The van der Waals surface area contributed by atoms with Gasteiger partial charge in [0.25, 0.3) is 0 Å². The number of carbonyl (C=O) groups is 1. The Morgan fingerprint density at radius 3 is 2.04 bits per heavy atom. The Morgan fingerprint density at radius 2 is 1.50 bits per heavy atom. The lowest BCUT2D eigenvalue weighted by Crippen LogP contribution is -1.94. The van der Waals surface area contributed by atoms with Gasteiger partial charge in [-0.15, -0.1) is 0 Å². The summed E-state index contributed by atoms with van der Waals surface area (Å²) >= 11 is 11.0. The predicted octanol–water partition coefficient (Wildman–Crippen LogP) is 5.70. The largest absolute Gasteiger partial charge is 0.489 e. The summed E-state index contributed by atoms with van der Waals surface area (Å²) in [4.78, 5) is 11.0. The fourth-order valence-electron chi connectivity index (χ4n) is 1.99. The maximum Gasteiger partial charge on any atom is 0.130 e. The van der Waals surface area contributed by atoms with Crippen molar-refractivity contribution < 1.29 is 14.3 Å². The molecular weight excluding hydrogens is 347 g/mol. The zero-order valence-electron chi connectivity index (χ0n) is 13.3. The molecule has 0 radical (unpaired) electrons. The molecule has 0 aliphatic rings. The molecule has 2 aromatic rings. The Bertz CT molecular complexity index is 688. The average Bonchev–Trinajstić information content (AvgIpc) is 2.55. The molecule has 3 nitrogen and oxygen atoms in total. The Morgan fingerprint density at radius 1 is 0.958 bits per heavy atom. The number of halogens is 2. The predicted molar refractivity (Wildman–Crippen MR) is 97.2 cm³/mol. The van der Waals surface area contributed by atoms with E-state index in [1.54, 1.807) is 13.0 Å². The van der Waals surface area contributed by atoms with Crippen LogP contribution in [0.1, 0.15) is 18.9 Å². The zero-order chi connectivity index (χ0) is 17.4. The summed E-state index contributed by atoms with van der Waals surface area (Å²) in [5.41, 5.74) is 1.12. The molecule has 5 heteroatoms. The lowest BCUT2D eigenvalue weighted by Gasteiger charge is -2.08. The van der Waals surface area contributed by atoms with Crippen LogP contribution in [0.5, 0.6) is 17.2 Å². The van der Waals surface area contributed by atoms with Crippen LogP contribution in [0.2, 0.25) is 0 Å². The van der Waals surface area contributed by atoms with Gasteiger partial charge in [0.05, 0.1) is 0 Å². The molecular formula is C19H18Cl2O3. The van der Waals surface area contributed by atoms with Crippen molar-refractivity contribution in [1.29, 1.82) is 0 Å². The molecule has 0 saturated heterocycles. The molecule has 0 saturated carbocycles. The van der Waals surface area contributed by atoms with Crippen molar-refractivity contribution in [2.24, 2.45) is 0 Å². The van der Waals surface area contributed by atoms with E-state index in [9.17, 15) is 4.79 Å². The Labute approximate surface area is 151 Å². The molecule has 24 heavy (non-hydrogen) atoms. The molecule has 126 valence electrons. The fourth-order valence-corrected chi connectivity index (χ4v) is 2.11. The normalized spacial score (nSPS) is 10.1. The first kappa shape index (κ1) is 18.4. The third kappa shape index (κ3) is 6.65. The summed E-state index contributed by atoms with van der Waals surface area (Å²) < 4.78 is 11.4. The maximum absolute atomic E-state index is 11.0. The van der Waals surface area contributed by atoms with Gasteiger partial charge in [-0.2, -0.15) is 0 Å². The highest BCUT2D eigenvalue weighted by molar-refractivity contribution is 6.55. The number of ketones is 1. The highest BCUT2D eigenvalue weighted by Crippen LogP contribution is 2.24. The molecule has 0 spiro atoms. The number of aryl methyl sites for hydroxylation is 1. The van der Waals surface area contributed by atoms with E-state index >= 15 is 0 Å². The van der Waals surface area contributed by atoms with Crippen LogP contribution in [0, 0.1) is 0 Å². The standard InChI is InChI=1S/C19H18Cl2O3/c1-14(22)2-3-15-4-6-17(7-5-15)24-18-10-8-16(9-11-18)23-13-12-19(20)21/h4-12H,2-3,13H2,1H3. The summed E-state index contributed by atoms with van der Waals surface area (Å²) in [6.45, 7) is 1.91. The van der Waals surface area contributed by atoms with Gasteiger partial charge >= 0.3 is 0 Å². The van der Waals surface area contributed by atoms with Crippen LogP contribution in [-0.4, -0.2) is 12.4 Å². The van der Waals surface area contributed by atoms with E-state index in [1.165, 1.54) is 0 Å². The van der Waals surface area contributed by atoms with Gasteiger partial charge in [0.1, 0.15) is 34.1 Å². The second-order valence-electron chi connectivity index (χ2n) is 5.22. The summed E-state index contributed by atoms with van der Waals surface area (Å²) in [5, 5.41) is 0. The molecule has 0 atom stereocenters.